The maximum absolute atomic E-state index is 11.4. The van der Waals surface area contributed by atoms with Crippen molar-refractivity contribution in [2.24, 2.45) is 5.73 Å². The summed E-state index contributed by atoms with van der Waals surface area (Å²) in [6, 6.07) is 7.02. The Labute approximate surface area is 96.0 Å². The van der Waals surface area contributed by atoms with Gasteiger partial charge >= 0.3 is 0 Å². The van der Waals surface area contributed by atoms with E-state index >= 15 is 0 Å². The largest absolute Gasteiger partial charge is 0.491 e. The van der Waals surface area contributed by atoms with Crippen LogP contribution in [0.5, 0.6) is 5.75 Å². The van der Waals surface area contributed by atoms with Gasteiger partial charge in [-0.2, -0.15) is 0 Å². The number of hydrogen-bond donors (Lipinski definition) is 1. The molecule has 1 aromatic carbocycles. The van der Waals surface area contributed by atoms with Crippen LogP contribution in [-0.2, 0) is 4.79 Å². The molecule has 4 heteroatoms. The van der Waals surface area contributed by atoms with Crippen LogP contribution in [0.15, 0.2) is 24.3 Å². The molecule has 0 fully saturated rings. The minimum atomic E-state index is -0.615. The van der Waals surface area contributed by atoms with Gasteiger partial charge < -0.3 is 15.4 Å². The summed E-state index contributed by atoms with van der Waals surface area (Å²) < 4.78 is 5.42. The van der Waals surface area contributed by atoms with E-state index in [4.69, 9.17) is 10.5 Å². The van der Waals surface area contributed by atoms with Gasteiger partial charge in [-0.3, -0.25) is 4.79 Å². The van der Waals surface area contributed by atoms with Crippen molar-refractivity contribution in [1.82, 2.24) is 4.90 Å². The van der Waals surface area contributed by atoms with E-state index in [9.17, 15) is 4.79 Å². The number of nitrogens with two attached hydrogens (primary N) is 1. The molecular formula is C12H18N2O2. The lowest BCUT2D eigenvalue weighted by Crippen LogP contribution is -2.43. The SMILES string of the molecule is Cc1ccc(OC[C@H](N)C(=O)N(C)C)cc1. The highest BCUT2D eigenvalue weighted by molar-refractivity contribution is 5.81. The van der Waals surface area contributed by atoms with E-state index in [0.717, 1.165) is 5.75 Å². The fraction of sp³-hybridized carbons (Fsp3) is 0.417. The summed E-state index contributed by atoms with van der Waals surface area (Å²) in [6.07, 6.45) is 0. The number of aryl methyl sites for hydroxylation is 1. The summed E-state index contributed by atoms with van der Waals surface area (Å²) in [4.78, 5) is 12.9. The van der Waals surface area contributed by atoms with E-state index in [1.54, 1.807) is 14.1 Å². The highest BCUT2D eigenvalue weighted by Crippen LogP contribution is 2.11. The molecule has 0 aliphatic rings. The zero-order chi connectivity index (χ0) is 12.1. The lowest BCUT2D eigenvalue weighted by Gasteiger charge is -2.17. The predicted molar refractivity (Wildman–Crippen MR) is 63.3 cm³/mol. The summed E-state index contributed by atoms with van der Waals surface area (Å²) in [5, 5.41) is 0. The highest BCUT2D eigenvalue weighted by Gasteiger charge is 2.15. The Bertz CT molecular complexity index is 347. The van der Waals surface area contributed by atoms with Crippen molar-refractivity contribution in [3.8, 4) is 5.75 Å². The standard InChI is InChI=1S/C12H18N2O2/c1-9-4-6-10(7-5-9)16-8-11(13)12(15)14(2)3/h4-7,11H,8,13H2,1-3H3/t11-/m0/s1. The Balaban J connectivity index is 2.45. The van der Waals surface area contributed by atoms with Crippen molar-refractivity contribution in [2.75, 3.05) is 20.7 Å². The van der Waals surface area contributed by atoms with Gasteiger partial charge in [0.25, 0.3) is 0 Å². The molecule has 0 aromatic heterocycles. The monoisotopic (exact) mass is 222 g/mol. The number of benzene rings is 1. The van der Waals surface area contributed by atoms with Crippen LogP contribution in [-0.4, -0.2) is 37.6 Å². The quantitative estimate of drug-likeness (QED) is 0.819. The molecule has 0 radical (unpaired) electrons. The molecule has 0 saturated heterocycles. The van der Waals surface area contributed by atoms with Gasteiger partial charge in [0, 0.05) is 14.1 Å². The third kappa shape index (κ3) is 3.55. The zero-order valence-electron chi connectivity index (χ0n) is 9.93. The van der Waals surface area contributed by atoms with Crippen LogP contribution in [0.3, 0.4) is 0 Å². The van der Waals surface area contributed by atoms with Crippen LogP contribution >= 0.6 is 0 Å². The summed E-state index contributed by atoms with van der Waals surface area (Å²) in [5.41, 5.74) is 6.85. The molecule has 88 valence electrons. The Morgan fingerprint density at radius 3 is 2.44 bits per heavy atom. The van der Waals surface area contributed by atoms with E-state index in [1.807, 2.05) is 31.2 Å². The zero-order valence-corrected chi connectivity index (χ0v) is 9.93. The Kier molecular flexibility index (Phi) is 4.31. The molecule has 0 spiro atoms. The average molecular weight is 222 g/mol. The number of carbonyl (C=O) groups is 1. The minimum Gasteiger partial charge on any atom is -0.491 e. The van der Waals surface area contributed by atoms with E-state index in [1.165, 1.54) is 10.5 Å². The van der Waals surface area contributed by atoms with Gasteiger partial charge in [0.1, 0.15) is 18.4 Å². The summed E-state index contributed by atoms with van der Waals surface area (Å²) >= 11 is 0. The maximum atomic E-state index is 11.4. The average Bonchev–Trinajstić information content (AvgIpc) is 2.26. The second-order valence-corrected chi connectivity index (χ2v) is 3.96. The Hall–Kier alpha value is -1.55. The number of nitrogens with zero attached hydrogens (tertiary/aromatic N) is 1. The van der Waals surface area contributed by atoms with E-state index < -0.39 is 6.04 Å². The first-order valence-corrected chi connectivity index (χ1v) is 5.17. The molecular weight excluding hydrogens is 204 g/mol. The number of rotatable bonds is 4. The number of likely N-dealkylation sites (N-methyl/N-ethyl adjacent to an activating group) is 1. The van der Waals surface area contributed by atoms with Gasteiger partial charge in [0.2, 0.25) is 5.91 Å². The lowest BCUT2D eigenvalue weighted by molar-refractivity contribution is -0.130. The van der Waals surface area contributed by atoms with E-state index in [0.29, 0.717) is 0 Å². The van der Waals surface area contributed by atoms with E-state index in [-0.39, 0.29) is 12.5 Å². The summed E-state index contributed by atoms with van der Waals surface area (Å²) in [7, 11) is 3.35. The summed E-state index contributed by atoms with van der Waals surface area (Å²) in [5.74, 6) is 0.597. The molecule has 0 saturated carbocycles. The van der Waals surface area contributed by atoms with Crippen LogP contribution in [0.25, 0.3) is 0 Å². The number of hydrogen-bond acceptors (Lipinski definition) is 3. The molecule has 1 rings (SSSR count). The normalized spacial score (nSPS) is 12.0. The molecule has 0 unspecified atom stereocenters. The third-order valence-corrected chi connectivity index (χ3v) is 2.21. The van der Waals surface area contributed by atoms with Crippen molar-refractivity contribution >= 4 is 5.91 Å². The third-order valence-electron chi connectivity index (χ3n) is 2.21. The number of ether oxygens (including phenoxy) is 1. The van der Waals surface area contributed by atoms with Crippen LogP contribution in [0.2, 0.25) is 0 Å². The van der Waals surface area contributed by atoms with Crippen LogP contribution in [0.1, 0.15) is 5.56 Å². The van der Waals surface area contributed by atoms with Crippen LogP contribution in [0, 0.1) is 6.92 Å². The van der Waals surface area contributed by atoms with Crippen LogP contribution < -0.4 is 10.5 Å². The fourth-order valence-electron chi connectivity index (χ4n) is 1.22. The molecule has 0 aliphatic heterocycles. The van der Waals surface area contributed by atoms with Crippen molar-refractivity contribution in [3.63, 3.8) is 0 Å². The number of carbonyl (C=O) groups excluding carboxylic acids is 1. The first-order chi connectivity index (χ1) is 7.50. The van der Waals surface area contributed by atoms with Gasteiger partial charge in [0.05, 0.1) is 0 Å². The Morgan fingerprint density at radius 2 is 1.94 bits per heavy atom. The maximum Gasteiger partial charge on any atom is 0.242 e. The lowest BCUT2D eigenvalue weighted by atomic mass is 10.2. The van der Waals surface area contributed by atoms with Crippen molar-refractivity contribution in [1.29, 1.82) is 0 Å². The first kappa shape index (κ1) is 12.5. The number of amides is 1. The van der Waals surface area contributed by atoms with Gasteiger partial charge in [-0.1, -0.05) is 17.7 Å². The van der Waals surface area contributed by atoms with E-state index in [2.05, 4.69) is 0 Å². The molecule has 0 aliphatic carbocycles. The molecule has 16 heavy (non-hydrogen) atoms. The molecule has 0 heterocycles. The molecule has 0 bridgehead atoms. The molecule has 4 nitrogen and oxygen atoms in total. The van der Waals surface area contributed by atoms with Crippen molar-refractivity contribution in [3.05, 3.63) is 29.8 Å². The molecule has 2 N–H and O–H groups in total. The smallest absolute Gasteiger partial charge is 0.242 e. The van der Waals surface area contributed by atoms with Gasteiger partial charge in [-0.05, 0) is 19.1 Å². The summed E-state index contributed by atoms with van der Waals surface area (Å²) in [6.45, 7) is 2.20. The Morgan fingerprint density at radius 1 is 1.38 bits per heavy atom. The van der Waals surface area contributed by atoms with Gasteiger partial charge in [0.15, 0.2) is 0 Å². The van der Waals surface area contributed by atoms with Gasteiger partial charge in [-0.25, -0.2) is 0 Å². The highest BCUT2D eigenvalue weighted by atomic mass is 16.5. The van der Waals surface area contributed by atoms with Gasteiger partial charge in [-0.15, -0.1) is 0 Å². The molecule has 1 amide bonds. The molecule has 1 atom stereocenters. The topological polar surface area (TPSA) is 55.6 Å². The second kappa shape index (κ2) is 5.51. The molecule has 1 aromatic rings. The fourth-order valence-corrected chi connectivity index (χ4v) is 1.22. The minimum absolute atomic E-state index is 0.132. The second-order valence-electron chi connectivity index (χ2n) is 3.96. The predicted octanol–water partition coefficient (Wildman–Crippen LogP) is 0.789. The van der Waals surface area contributed by atoms with Crippen molar-refractivity contribution in [2.45, 2.75) is 13.0 Å². The van der Waals surface area contributed by atoms with Crippen molar-refractivity contribution < 1.29 is 9.53 Å². The van der Waals surface area contributed by atoms with Crippen LogP contribution in [0.4, 0.5) is 0 Å². The first-order valence-electron chi connectivity index (χ1n) is 5.17.